The van der Waals surface area contributed by atoms with Crippen LogP contribution in [0, 0.1) is 5.92 Å². The number of hydrogen-bond acceptors (Lipinski definition) is 4. The van der Waals surface area contributed by atoms with Gasteiger partial charge in [0, 0.05) is 29.4 Å². The molecule has 0 unspecified atom stereocenters. The van der Waals surface area contributed by atoms with Crippen molar-refractivity contribution in [2.75, 3.05) is 23.4 Å². The maximum absolute atomic E-state index is 14.4. The second-order valence-corrected chi connectivity index (χ2v) is 13.0. The van der Waals surface area contributed by atoms with E-state index in [1.807, 2.05) is 36.4 Å². The van der Waals surface area contributed by atoms with Crippen LogP contribution < -0.4 is 20.5 Å². The number of rotatable bonds is 11. The molecule has 0 bridgehead atoms. The summed E-state index contributed by atoms with van der Waals surface area (Å²) in [5, 5.41) is 4.04. The van der Waals surface area contributed by atoms with Gasteiger partial charge < -0.3 is 15.0 Å². The zero-order valence-electron chi connectivity index (χ0n) is 27.5. The van der Waals surface area contributed by atoms with E-state index in [-0.39, 0.29) is 23.4 Å². The molecule has 0 saturated heterocycles. The Balaban J connectivity index is 1.61. The number of pyridine rings is 2. The zero-order chi connectivity index (χ0) is 31.9. The number of aromatic amines is 1. The van der Waals surface area contributed by atoms with Gasteiger partial charge in [-0.25, -0.2) is 9.78 Å². The predicted octanol–water partition coefficient (Wildman–Crippen LogP) is 9.63. The van der Waals surface area contributed by atoms with E-state index in [1.54, 1.807) is 11.1 Å². The van der Waals surface area contributed by atoms with Crippen molar-refractivity contribution >= 4 is 28.4 Å². The molecule has 0 aliphatic heterocycles. The summed E-state index contributed by atoms with van der Waals surface area (Å²) in [6.07, 6.45) is 9.52. The van der Waals surface area contributed by atoms with E-state index < -0.39 is 0 Å². The van der Waals surface area contributed by atoms with Gasteiger partial charge in [0.1, 0.15) is 17.1 Å². The van der Waals surface area contributed by atoms with E-state index >= 15 is 0 Å². The Morgan fingerprint density at radius 1 is 1.00 bits per heavy atom. The molecule has 1 aliphatic rings. The van der Waals surface area contributed by atoms with Crippen molar-refractivity contribution in [3.63, 3.8) is 0 Å². The Kier molecular flexibility index (Phi) is 10.6. The fourth-order valence-electron chi connectivity index (χ4n) is 6.47. The monoisotopic (exact) mass is 608 g/mol. The average molecular weight is 609 g/mol. The number of hydrogen-bond donors (Lipinski definition) is 2. The number of aromatic nitrogens is 2. The van der Waals surface area contributed by atoms with Crippen molar-refractivity contribution in [2.24, 2.45) is 5.92 Å². The Hall–Kier alpha value is -4.13. The first kappa shape index (κ1) is 32.3. The lowest BCUT2D eigenvalue weighted by Gasteiger charge is -2.28. The molecule has 2 heterocycles. The van der Waals surface area contributed by atoms with Crippen molar-refractivity contribution in [3.8, 4) is 16.9 Å². The third kappa shape index (κ3) is 7.41. The summed E-state index contributed by atoms with van der Waals surface area (Å²) in [5.74, 6) is 1.76. The summed E-state index contributed by atoms with van der Waals surface area (Å²) in [4.78, 5) is 37.5. The third-order valence-electron chi connectivity index (χ3n) is 8.95. The van der Waals surface area contributed by atoms with Crippen molar-refractivity contribution in [1.29, 1.82) is 0 Å². The number of unbranched alkanes of at least 4 members (excludes halogenated alkanes) is 1. The minimum absolute atomic E-state index is 0.213. The molecule has 0 radical (unpaired) electrons. The van der Waals surface area contributed by atoms with E-state index in [2.05, 4.69) is 68.1 Å². The maximum atomic E-state index is 14.4. The fraction of sp³-hybridized carbons (Fsp3) is 0.447. The molecule has 4 aromatic rings. The van der Waals surface area contributed by atoms with Crippen molar-refractivity contribution in [1.82, 2.24) is 9.97 Å². The lowest BCUT2D eigenvalue weighted by molar-refractivity contribution is 0.209. The van der Waals surface area contributed by atoms with Crippen LogP contribution >= 0.6 is 0 Å². The molecular weight excluding hydrogens is 560 g/mol. The van der Waals surface area contributed by atoms with Crippen LogP contribution in [0.5, 0.6) is 5.75 Å². The second kappa shape index (κ2) is 14.8. The topological polar surface area (TPSA) is 87.3 Å². The number of para-hydroxylation sites is 1. The number of carbonyl (C=O) groups is 1. The molecule has 2 aromatic carbocycles. The van der Waals surface area contributed by atoms with Gasteiger partial charge >= 0.3 is 6.03 Å². The van der Waals surface area contributed by atoms with Crippen LogP contribution in [0.15, 0.2) is 65.6 Å². The summed E-state index contributed by atoms with van der Waals surface area (Å²) in [7, 11) is 0. The van der Waals surface area contributed by atoms with Gasteiger partial charge in [0.2, 0.25) is 0 Å². The number of benzene rings is 2. The summed E-state index contributed by atoms with van der Waals surface area (Å²) in [5.41, 5.74) is 4.92. The lowest BCUT2D eigenvalue weighted by atomic mass is 9.90. The van der Waals surface area contributed by atoms with Gasteiger partial charge in [-0.05, 0) is 78.0 Å². The highest BCUT2D eigenvalue weighted by Crippen LogP contribution is 2.37. The predicted molar refractivity (Wildman–Crippen MR) is 186 cm³/mol. The molecule has 0 atom stereocenters. The van der Waals surface area contributed by atoms with Crippen molar-refractivity contribution in [3.05, 3.63) is 82.3 Å². The van der Waals surface area contributed by atoms with Crippen LogP contribution in [0.25, 0.3) is 22.2 Å². The number of urea groups is 1. The number of H-pyrrole nitrogens is 1. The van der Waals surface area contributed by atoms with Crippen LogP contribution in [0.4, 0.5) is 16.2 Å². The largest absolute Gasteiger partial charge is 0.493 e. The molecule has 2 aromatic heterocycles. The first-order chi connectivity index (χ1) is 21.8. The molecule has 2 N–H and O–H groups in total. The molecular formula is C38H48N4O3. The van der Waals surface area contributed by atoms with Crippen LogP contribution in [0.3, 0.4) is 0 Å². The number of carbonyl (C=O) groups excluding carboxylic acids is 1. The molecule has 7 heteroatoms. The standard InChI is InChI=1S/C38H48N4O3/c1-6-7-22-42(38(44)40-34-30(25(2)3)18-12-19-31(34)26(4)5)35-33(32-20-13-21-39-36(32)41-37(35)43)28-16-11-17-29(23-28)45-24-27-14-9-8-10-15-27/h11-13,16-21,23,25-27H,6-10,14-15,22,24H2,1-5H3,(H,40,44)(H,39,41,43). The Bertz CT molecular complexity index is 1640. The Morgan fingerprint density at radius 3 is 2.40 bits per heavy atom. The lowest BCUT2D eigenvalue weighted by Crippen LogP contribution is -2.40. The van der Waals surface area contributed by atoms with Crippen LogP contribution in [-0.2, 0) is 0 Å². The number of amides is 2. The molecule has 1 fully saturated rings. The van der Waals surface area contributed by atoms with Gasteiger partial charge in [0.15, 0.2) is 0 Å². The number of anilines is 2. The van der Waals surface area contributed by atoms with Crippen LogP contribution in [-0.4, -0.2) is 29.2 Å². The number of nitrogens with zero attached hydrogens (tertiary/aromatic N) is 2. The molecule has 238 valence electrons. The first-order valence-corrected chi connectivity index (χ1v) is 16.7. The van der Waals surface area contributed by atoms with Crippen molar-refractivity contribution < 1.29 is 9.53 Å². The van der Waals surface area contributed by atoms with E-state index in [1.165, 1.54) is 32.1 Å². The maximum Gasteiger partial charge on any atom is 0.326 e. The Morgan fingerprint density at radius 2 is 1.71 bits per heavy atom. The Labute approximate surface area is 267 Å². The SMILES string of the molecule is CCCCN(C(=O)Nc1c(C(C)C)cccc1C(C)C)c1c(-c2cccc(OCC3CCCCC3)c2)c2cccnc2[nH]c1=O. The van der Waals surface area contributed by atoms with Gasteiger partial charge in [-0.2, -0.15) is 0 Å². The second-order valence-electron chi connectivity index (χ2n) is 13.0. The summed E-state index contributed by atoms with van der Waals surface area (Å²) < 4.78 is 6.32. The average Bonchev–Trinajstić information content (AvgIpc) is 3.04. The number of fused-ring (bicyclic) bond motifs is 1. The van der Waals surface area contributed by atoms with Gasteiger partial charge in [0.25, 0.3) is 5.56 Å². The molecule has 2 amide bonds. The van der Waals surface area contributed by atoms with E-state index in [0.29, 0.717) is 36.0 Å². The van der Waals surface area contributed by atoms with Gasteiger partial charge in [-0.15, -0.1) is 0 Å². The smallest absolute Gasteiger partial charge is 0.326 e. The number of ether oxygens (including phenoxy) is 1. The summed E-state index contributed by atoms with van der Waals surface area (Å²) >= 11 is 0. The molecule has 5 rings (SSSR count). The third-order valence-corrected chi connectivity index (χ3v) is 8.95. The molecule has 7 nitrogen and oxygen atoms in total. The molecule has 0 spiro atoms. The van der Waals surface area contributed by atoms with E-state index in [9.17, 15) is 9.59 Å². The highest BCUT2D eigenvalue weighted by Gasteiger charge is 2.27. The zero-order valence-corrected chi connectivity index (χ0v) is 27.5. The first-order valence-electron chi connectivity index (χ1n) is 16.7. The summed E-state index contributed by atoms with van der Waals surface area (Å²) in [6.45, 7) is 11.7. The fourth-order valence-corrected chi connectivity index (χ4v) is 6.47. The quantitative estimate of drug-likeness (QED) is 0.177. The van der Waals surface area contributed by atoms with Crippen LogP contribution in [0.1, 0.15) is 103 Å². The minimum Gasteiger partial charge on any atom is -0.493 e. The highest BCUT2D eigenvalue weighted by molar-refractivity contribution is 6.09. The molecule has 45 heavy (non-hydrogen) atoms. The minimum atomic E-state index is -0.350. The van der Waals surface area contributed by atoms with E-state index in [0.717, 1.165) is 46.4 Å². The highest BCUT2D eigenvalue weighted by atomic mass is 16.5. The normalized spacial score (nSPS) is 13.8. The van der Waals surface area contributed by atoms with Gasteiger partial charge in [-0.1, -0.05) is 90.6 Å². The summed E-state index contributed by atoms with van der Waals surface area (Å²) in [6, 6.07) is 17.6. The van der Waals surface area contributed by atoms with Gasteiger partial charge in [-0.3, -0.25) is 9.69 Å². The molecule has 1 saturated carbocycles. The van der Waals surface area contributed by atoms with Gasteiger partial charge in [0.05, 0.1) is 6.61 Å². The van der Waals surface area contributed by atoms with E-state index in [4.69, 9.17) is 4.74 Å². The van der Waals surface area contributed by atoms with Crippen LogP contribution in [0.2, 0.25) is 0 Å². The molecule has 1 aliphatic carbocycles. The van der Waals surface area contributed by atoms with Crippen molar-refractivity contribution in [2.45, 2.75) is 91.4 Å². The number of nitrogens with one attached hydrogen (secondary N) is 2.